The monoisotopic (exact) mass is 271 g/mol. The summed E-state index contributed by atoms with van der Waals surface area (Å²) in [6, 6.07) is 10.6. The third-order valence-corrected chi connectivity index (χ3v) is 3.44. The van der Waals surface area contributed by atoms with Crippen LogP contribution in [0.15, 0.2) is 42.9 Å². The summed E-state index contributed by atoms with van der Waals surface area (Å²) < 4.78 is 2.25. The molecule has 3 nitrogen and oxygen atoms in total. The first kappa shape index (κ1) is 14.8. The zero-order valence-corrected chi connectivity index (χ0v) is 12.9. The molecule has 1 aromatic carbocycles. The molecule has 0 bridgehead atoms. The number of rotatable bonds is 5. The Kier molecular flexibility index (Phi) is 4.61. The van der Waals surface area contributed by atoms with Gasteiger partial charge >= 0.3 is 0 Å². The quantitative estimate of drug-likeness (QED) is 0.901. The Morgan fingerprint density at radius 2 is 1.90 bits per heavy atom. The molecule has 0 saturated heterocycles. The topological polar surface area (TPSA) is 29.9 Å². The lowest BCUT2D eigenvalue weighted by Gasteiger charge is -2.21. The molecule has 0 spiro atoms. The Balaban J connectivity index is 2.02. The Labute approximate surface area is 122 Å². The normalized spacial score (nSPS) is 13.4. The molecule has 0 amide bonds. The third kappa shape index (κ3) is 4.20. The summed E-state index contributed by atoms with van der Waals surface area (Å²) in [5.74, 6) is 0.485. The highest BCUT2D eigenvalue weighted by molar-refractivity contribution is 5.18. The maximum atomic E-state index is 4.29. The maximum absolute atomic E-state index is 4.29. The van der Waals surface area contributed by atoms with Crippen LogP contribution >= 0.6 is 0 Å². The smallest absolute Gasteiger partial charge is 0.0948 e. The van der Waals surface area contributed by atoms with Crippen LogP contribution in [0.4, 0.5) is 0 Å². The number of hydrogen-bond acceptors (Lipinski definition) is 2. The summed E-state index contributed by atoms with van der Waals surface area (Å²) in [5.41, 5.74) is 2.73. The molecule has 0 fully saturated rings. The number of benzene rings is 1. The van der Waals surface area contributed by atoms with E-state index in [1.165, 1.54) is 11.3 Å². The van der Waals surface area contributed by atoms with Crippen molar-refractivity contribution >= 4 is 0 Å². The highest BCUT2D eigenvalue weighted by Gasteiger charge is 2.12. The van der Waals surface area contributed by atoms with E-state index >= 15 is 0 Å². The van der Waals surface area contributed by atoms with Gasteiger partial charge < -0.3 is 9.88 Å². The highest BCUT2D eigenvalue weighted by atomic mass is 15.1. The molecule has 0 radical (unpaired) electrons. The van der Waals surface area contributed by atoms with Crippen LogP contribution in [0.1, 0.15) is 44.9 Å². The van der Waals surface area contributed by atoms with Gasteiger partial charge in [0.25, 0.3) is 0 Å². The molecule has 1 atom stereocenters. The first-order valence-electron chi connectivity index (χ1n) is 7.25. The number of nitrogens with zero attached hydrogens (tertiary/aromatic N) is 2. The zero-order chi connectivity index (χ0) is 14.6. The molecule has 20 heavy (non-hydrogen) atoms. The summed E-state index contributed by atoms with van der Waals surface area (Å²) in [4.78, 5) is 4.29. The molecular weight excluding hydrogens is 246 g/mol. The van der Waals surface area contributed by atoms with Crippen molar-refractivity contribution in [3.8, 4) is 0 Å². The van der Waals surface area contributed by atoms with E-state index in [0.717, 1.165) is 13.1 Å². The van der Waals surface area contributed by atoms with Gasteiger partial charge in [-0.3, -0.25) is 0 Å². The van der Waals surface area contributed by atoms with Gasteiger partial charge in [0.1, 0.15) is 0 Å². The SMILES string of the molecule is CC(Cn1cncc1CNC(C)(C)C)c1ccccc1. The van der Waals surface area contributed by atoms with E-state index in [0.29, 0.717) is 5.92 Å². The van der Waals surface area contributed by atoms with Gasteiger partial charge in [0.2, 0.25) is 0 Å². The van der Waals surface area contributed by atoms with Gasteiger partial charge in [-0.1, -0.05) is 37.3 Å². The summed E-state index contributed by atoms with van der Waals surface area (Å²) in [7, 11) is 0. The standard InChI is InChI=1S/C17H25N3/c1-14(15-8-6-5-7-9-15)12-20-13-18-10-16(20)11-19-17(2,3)4/h5-10,13-14,19H,11-12H2,1-4H3. The fraction of sp³-hybridized carbons (Fsp3) is 0.471. The van der Waals surface area contributed by atoms with Gasteiger partial charge in [-0.2, -0.15) is 0 Å². The van der Waals surface area contributed by atoms with Gasteiger partial charge in [0, 0.05) is 24.8 Å². The van der Waals surface area contributed by atoms with E-state index in [2.05, 4.69) is 72.9 Å². The predicted octanol–water partition coefficient (Wildman–Crippen LogP) is 3.57. The molecule has 2 rings (SSSR count). The van der Waals surface area contributed by atoms with E-state index in [1.807, 2.05) is 12.5 Å². The lowest BCUT2D eigenvalue weighted by molar-refractivity contribution is 0.413. The molecule has 0 aliphatic rings. The van der Waals surface area contributed by atoms with Gasteiger partial charge in [-0.05, 0) is 32.3 Å². The Morgan fingerprint density at radius 3 is 2.55 bits per heavy atom. The van der Waals surface area contributed by atoms with Gasteiger partial charge in [-0.15, -0.1) is 0 Å². The van der Waals surface area contributed by atoms with E-state index in [1.54, 1.807) is 0 Å². The van der Waals surface area contributed by atoms with E-state index in [-0.39, 0.29) is 5.54 Å². The van der Waals surface area contributed by atoms with Crippen molar-refractivity contribution in [1.29, 1.82) is 0 Å². The number of aromatic nitrogens is 2. The average molecular weight is 271 g/mol. The first-order valence-corrected chi connectivity index (χ1v) is 7.25. The molecule has 1 unspecified atom stereocenters. The van der Waals surface area contributed by atoms with Crippen LogP contribution in [0, 0.1) is 0 Å². The minimum absolute atomic E-state index is 0.125. The maximum Gasteiger partial charge on any atom is 0.0948 e. The minimum atomic E-state index is 0.125. The van der Waals surface area contributed by atoms with Crippen LogP contribution < -0.4 is 5.32 Å². The van der Waals surface area contributed by atoms with Crippen molar-refractivity contribution in [3.05, 3.63) is 54.1 Å². The zero-order valence-electron chi connectivity index (χ0n) is 12.9. The number of hydrogen-bond donors (Lipinski definition) is 1. The van der Waals surface area contributed by atoms with Crippen molar-refractivity contribution in [3.63, 3.8) is 0 Å². The lowest BCUT2D eigenvalue weighted by Crippen LogP contribution is -2.35. The molecule has 0 saturated carbocycles. The molecule has 3 heteroatoms. The fourth-order valence-corrected chi connectivity index (χ4v) is 2.20. The molecule has 2 aromatic rings. The molecule has 1 N–H and O–H groups in total. The van der Waals surface area contributed by atoms with Crippen molar-refractivity contribution in [2.24, 2.45) is 0 Å². The fourth-order valence-electron chi connectivity index (χ4n) is 2.20. The van der Waals surface area contributed by atoms with Gasteiger partial charge in [0.15, 0.2) is 0 Å². The van der Waals surface area contributed by atoms with Crippen LogP contribution in [-0.4, -0.2) is 15.1 Å². The summed E-state index contributed by atoms with van der Waals surface area (Å²) in [5, 5.41) is 3.52. The van der Waals surface area contributed by atoms with Crippen molar-refractivity contribution in [2.75, 3.05) is 0 Å². The number of imidazole rings is 1. The Morgan fingerprint density at radius 1 is 1.20 bits per heavy atom. The summed E-state index contributed by atoms with van der Waals surface area (Å²) >= 11 is 0. The summed E-state index contributed by atoms with van der Waals surface area (Å²) in [6.07, 6.45) is 3.88. The molecule has 0 aliphatic heterocycles. The second-order valence-corrected chi connectivity index (χ2v) is 6.45. The van der Waals surface area contributed by atoms with E-state index < -0.39 is 0 Å². The lowest BCUT2D eigenvalue weighted by atomic mass is 10.0. The molecule has 0 aliphatic carbocycles. The molecule has 1 aromatic heterocycles. The number of nitrogens with one attached hydrogen (secondary N) is 1. The highest BCUT2D eigenvalue weighted by Crippen LogP contribution is 2.18. The van der Waals surface area contributed by atoms with Crippen molar-refractivity contribution in [2.45, 2.75) is 52.2 Å². The van der Waals surface area contributed by atoms with E-state index in [4.69, 9.17) is 0 Å². The first-order chi connectivity index (χ1) is 9.46. The van der Waals surface area contributed by atoms with Crippen LogP contribution in [0.2, 0.25) is 0 Å². The minimum Gasteiger partial charge on any atom is -0.333 e. The molecular formula is C17H25N3. The van der Waals surface area contributed by atoms with E-state index in [9.17, 15) is 0 Å². The van der Waals surface area contributed by atoms with Crippen LogP contribution in [-0.2, 0) is 13.1 Å². The van der Waals surface area contributed by atoms with Crippen molar-refractivity contribution in [1.82, 2.24) is 14.9 Å². The second-order valence-electron chi connectivity index (χ2n) is 6.45. The van der Waals surface area contributed by atoms with Crippen molar-refractivity contribution < 1.29 is 0 Å². The third-order valence-electron chi connectivity index (χ3n) is 3.44. The van der Waals surface area contributed by atoms with Crippen LogP contribution in [0.5, 0.6) is 0 Å². The van der Waals surface area contributed by atoms with Crippen LogP contribution in [0.25, 0.3) is 0 Å². The average Bonchev–Trinajstić information content (AvgIpc) is 2.84. The molecule has 1 heterocycles. The van der Waals surface area contributed by atoms with Crippen LogP contribution in [0.3, 0.4) is 0 Å². The van der Waals surface area contributed by atoms with Gasteiger partial charge in [-0.25, -0.2) is 4.98 Å². The Hall–Kier alpha value is -1.61. The Bertz CT molecular complexity index is 523. The largest absolute Gasteiger partial charge is 0.333 e. The summed E-state index contributed by atoms with van der Waals surface area (Å²) in [6.45, 7) is 10.6. The van der Waals surface area contributed by atoms with Gasteiger partial charge in [0.05, 0.1) is 12.0 Å². The predicted molar refractivity (Wildman–Crippen MR) is 83.7 cm³/mol. The second kappa shape index (κ2) is 6.23. The molecule has 108 valence electrons.